The minimum Gasteiger partial charge on any atom is -0.286 e. The van der Waals surface area contributed by atoms with E-state index in [1.807, 2.05) is 0 Å². The molecule has 74 valence electrons. The van der Waals surface area contributed by atoms with Crippen LogP contribution in [0.1, 0.15) is 27.2 Å². The van der Waals surface area contributed by atoms with Crippen molar-refractivity contribution in [2.45, 2.75) is 33.2 Å². The Morgan fingerprint density at radius 1 is 1.50 bits per heavy atom. The second kappa shape index (κ2) is 5.06. The molecule has 0 saturated heterocycles. The van der Waals surface area contributed by atoms with Crippen LogP contribution in [0, 0.1) is 0 Å². The average molecular weight is 190 g/mol. The molecular formula is C9H23N2P. The number of hydrogen-bond donors (Lipinski definition) is 1. The summed E-state index contributed by atoms with van der Waals surface area (Å²) in [5.74, 6) is 0. The van der Waals surface area contributed by atoms with Gasteiger partial charge in [0.2, 0.25) is 0 Å². The summed E-state index contributed by atoms with van der Waals surface area (Å²) in [5, 5.41) is 3.52. The molecule has 1 N–H and O–H groups in total. The summed E-state index contributed by atoms with van der Waals surface area (Å²) in [6, 6.07) is 0.574. The molecule has 3 heteroatoms. The molecule has 0 aliphatic heterocycles. The maximum Gasteiger partial charge on any atom is 0.00843 e. The SMILES string of the molecule is C=P(C)(NCCC)N(C)C(C)C. The first-order valence-corrected chi connectivity index (χ1v) is 6.98. The van der Waals surface area contributed by atoms with Crippen molar-refractivity contribution in [2.24, 2.45) is 0 Å². The number of rotatable bonds is 5. The molecule has 0 fully saturated rings. The van der Waals surface area contributed by atoms with Crippen LogP contribution in [-0.4, -0.2) is 37.3 Å². The first-order chi connectivity index (χ1) is 5.41. The highest BCUT2D eigenvalue weighted by Gasteiger charge is 2.15. The molecule has 0 rings (SSSR count). The van der Waals surface area contributed by atoms with Gasteiger partial charge in [-0.3, -0.25) is 9.76 Å². The van der Waals surface area contributed by atoms with Gasteiger partial charge in [0, 0.05) is 13.2 Å². The van der Waals surface area contributed by atoms with Crippen LogP contribution in [0.15, 0.2) is 0 Å². The lowest BCUT2D eigenvalue weighted by molar-refractivity contribution is 0.447. The van der Waals surface area contributed by atoms with Gasteiger partial charge in [-0.25, -0.2) is 0 Å². The minimum atomic E-state index is -1.27. The monoisotopic (exact) mass is 190 g/mol. The van der Waals surface area contributed by atoms with Crippen molar-refractivity contribution in [3.63, 3.8) is 0 Å². The lowest BCUT2D eigenvalue weighted by Crippen LogP contribution is -2.30. The van der Waals surface area contributed by atoms with Gasteiger partial charge in [0.15, 0.2) is 0 Å². The van der Waals surface area contributed by atoms with Gasteiger partial charge >= 0.3 is 0 Å². The zero-order chi connectivity index (χ0) is 9.78. The van der Waals surface area contributed by atoms with E-state index in [2.05, 4.69) is 50.5 Å². The van der Waals surface area contributed by atoms with Gasteiger partial charge in [0.05, 0.1) is 0 Å². The third kappa shape index (κ3) is 3.75. The second-order valence-electron chi connectivity index (χ2n) is 3.71. The summed E-state index contributed by atoms with van der Waals surface area (Å²) < 4.78 is 2.35. The van der Waals surface area contributed by atoms with Crippen molar-refractivity contribution in [1.82, 2.24) is 9.76 Å². The molecule has 0 bridgehead atoms. The van der Waals surface area contributed by atoms with Gasteiger partial charge in [-0.05, 0) is 40.5 Å². The van der Waals surface area contributed by atoms with Crippen LogP contribution in [0.25, 0.3) is 0 Å². The second-order valence-corrected chi connectivity index (χ2v) is 6.94. The maximum atomic E-state index is 4.25. The molecule has 0 aromatic rings. The van der Waals surface area contributed by atoms with E-state index in [4.69, 9.17) is 0 Å². The Kier molecular flexibility index (Phi) is 5.15. The third-order valence-electron chi connectivity index (χ3n) is 2.15. The van der Waals surface area contributed by atoms with E-state index in [9.17, 15) is 0 Å². The van der Waals surface area contributed by atoms with Crippen molar-refractivity contribution in [3.05, 3.63) is 0 Å². The lowest BCUT2D eigenvalue weighted by atomic mass is 10.4. The van der Waals surface area contributed by atoms with Crippen molar-refractivity contribution in [1.29, 1.82) is 0 Å². The average Bonchev–Trinajstić information content (AvgIpc) is 1.99. The lowest BCUT2D eigenvalue weighted by Gasteiger charge is -2.34. The van der Waals surface area contributed by atoms with Gasteiger partial charge in [0.1, 0.15) is 0 Å². The fraction of sp³-hybridized carbons (Fsp3) is 0.889. The fourth-order valence-electron chi connectivity index (χ4n) is 0.974. The molecule has 0 aromatic heterocycles. The van der Waals surface area contributed by atoms with E-state index in [-0.39, 0.29) is 0 Å². The Morgan fingerprint density at radius 3 is 2.33 bits per heavy atom. The summed E-state index contributed by atoms with van der Waals surface area (Å²) in [6.45, 7) is 9.89. The smallest absolute Gasteiger partial charge is 0.00843 e. The van der Waals surface area contributed by atoms with Crippen LogP contribution in [0.2, 0.25) is 0 Å². The summed E-state index contributed by atoms with van der Waals surface area (Å²) in [6.07, 6.45) is 5.43. The molecule has 1 atom stereocenters. The summed E-state index contributed by atoms with van der Waals surface area (Å²) >= 11 is 0. The van der Waals surface area contributed by atoms with E-state index in [1.165, 1.54) is 6.42 Å². The summed E-state index contributed by atoms with van der Waals surface area (Å²) in [7, 11) is 0.874. The molecule has 0 heterocycles. The molecule has 0 aliphatic rings. The summed E-state index contributed by atoms with van der Waals surface area (Å²) in [5.41, 5.74) is 0. The predicted molar refractivity (Wildman–Crippen MR) is 61.2 cm³/mol. The molecule has 0 radical (unpaired) electrons. The van der Waals surface area contributed by atoms with Crippen molar-refractivity contribution >= 4 is 13.5 Å². The van der Waals surface area contributed by atoms with Crippen LogP contribution in [0.3, 0.4) is 0 Å². The third-order valence-corrected chi connectivity index (χ3v) is 4.91. The normalized spacial score (nSPS) is 16.9. The molecular weight excluding hydrogens is 167 g/mol. The standard InChI is InChI=1S/C9H23N2P/c1-7-8-10-12(5,6)11(4)9(2)3/h9-10H,5,7-8H2,1-4,6H3. The Hall–Kier alpha value is 0.220. The highest BCUT2D eigenvalue weighted by atomic mass is 31.2. The van der Waals surface area contributed by atoms with Gasteiger partial charge in [-0.2, -0.15) is 0 Å². The fourth-order valence-corrected chi connectivity index (χ4v) is 2.92. The van der Waals surface area contributed by atoms with E-state index in [0.29, 0.717) is 6.04 Å². The zero-order valence-corrected chi connectivity index (χ0v) is 9.99. The van der Waals surface area contributed by atoms with Gasteiger partial charge in [0.25, 0.3) is 0 Å². The van der Waals surface area contributed by atoms with E-state index >= 15 is 0 Å². The number of nitrogens with one attached hydrogen (secondary N) is 1. The molecule has 0 aromatic carbocycles. The van der Waals surface area contributed by atoms with E-state index in [0.717, 1.165) is 6.54 Å². The van der Waals surface area contributed by atoms with Gasteiger partial charge in [-0.15, -0.1) is 0 Å². The zero-order valence-electron chi connectivity index (χ0n) is 9.09. The van der Waals surface area contributed by atoms with E-state index in [1.54, 1.807) is 0 Å². The molecule has 0 aliphatic carbocycles. The maximum absolute atomic E-state index is 4.25. The Labute approximate surface area is 77.4 Å². The van der Waals surface area contributed by atoms with Crippen molar-refractivity contribution < 1.29 is 0 Å². The predicted octanol–water partition coefficient (Wildman–Crippen LogP) is 2.24. The molecule has 0 saturated carbocycles. The van der Waals surface area contributed by atoms with E-state index < -0.39 is 7.19 Å². The van der Waals surface area contributed by atoms with Crippen LogP contribution in [0.5, 0.6) is 0 Å². The van der Waals surface area contributed by atoms with Crippen molar-refractivity contribution in [3.8, 4) is 0 Å². The Morgan fingerprint density at radius 2 is 2.00 bits per heavy atom. The highest BCUT2D eigenvalue weighted by Crippen LogP contribution is 2.40. The van der Waals surface area contributed by atoms with Crippen molar-refractivity contribution in [2.75, 3.05) is 20.3 Å². The van der Waals surface area contributed by atoms with Crippen LogP contribution in [0.4, 0.5) is 0 Å². The van der Waals surface area contributed by atoms with Gasteiger partial charge < -0.3 is 0 Å². The van der Waals surface area contributed by atoms with Crippen LogP contribution >= 0.6 is 7.19 Å². The quantitative estimate of drug-likeness (QED) is 0.669. The Balaban J connectivity index is 4.10. The molecule has 12 heavy (non-hydrogen) atoms. The molecule has 0 amide bonds. The highest BCUT2D eigenvalue weighted by molar-refractivity contribution is 7.68. The minimum absolute atomic E-state index is 0.574. The van der Waals surface area contributed by atoms with Crippen LogP contribution < -0.4 is 5.09 Å². The molecule has 1 unspecified atom stereocenters. The van der Waals surface area contributed by atoms with Crippen LogP contribution in [-0.2, 0) is 0 Å². The molecule has 0 spiro atoms. The summed E-state index contributed by atoms with van der Waals surface area (Å²) in [4.78, 5) is 0. The number of hydrogen-bond acceptors (Lipinski definition) is 2. The first kappa shape index (κ1) is 12.2. The number of nitrogens with zero attached hydrogens (tertiary/aromatic N) is 1. The topological polar surface area (TPSA) is 15.3 Å². The largest absolute Gasteiger partial charge is 0.286 e. The van der Waals surface area contributed by atoms with Gasteiger partial charge in [-0.1, -0.05) is 13.2 Å². The molecule has 2 nitrogen and oxygen atoms in total. The first-order valence-electron chi connectivity index (χ1n) is 4.61. The Bertz CT molecular complexity index is 166.